The Morgan fingerprint density at radius 2 is 2.19 bits per heavy atom. The Labute approximate surface area is 98.4 Å². The first kappa shape index (κ1) is 11.6. The number of rotatable bonds is 3. The number of hydrogen-bond donors (Lipinski definition) is 2. The molecule has 0 radical (unpaired) electrons. The van der Waals surface area contributed by atoms with Gasteiger partial charge in [-0.15, -0.1) is 0 Å². The summed E-state index contributed by atoms with van der Waals surface area (Å²) in [5.41, 5.74) is 4.17. The molecule has 0 saturated carbocycles. The third kappa shape index (κ3) is 2.63. The van der Waals surface area contributed by atoms with Crippen molar-refractivity contribution in [3.05, 3.63) is 34.9 Å². The van der Waals surface area contributed by atoms with Crippen molar-refractivity contribution < 1.29 is 0 Å². The number of aryl methyl sites for hydroxylation is 2. The van der Waals surface area contributed by atoms with Crippen LogP contribution >= 0.6 is 0 Å². The van der Waals surface area contributed by atoms with Crippen molar-refractivity contribution in [2.75, 3.05) is 13.1 Å². The van der Waals surface area contributed by atoms with E-state index in [1.165, 1.54) is 23.1 Å². The van der Waals surface area contributed by atoms with Gasteiger partial charge in [-0.3, -0.25) is 0 Å². The summed E-state index contributed by atoms with van der Waals surface area (Å²) >= 11 is 0. The molecule has 88 valence electrons. The zero-order valence-corrected chi connectivity index (χ0v) is 10.5. The van der Waals surface area contributed by atoms with E-state index in [2.05, 4.69) is 49.6 Å². The molecule has 2 nitrogen and oxygen atoms in total. The highest BCUT2D eigenvalue weighted by Crippen LogP contribution is 2.20. The minimum absolute atomic E-state index is 0.449. The minimum Gasteiger partial charge on any atom is -0.315 e. The smallest absolute Gasteiger partial charge is 0.0297 e. The lowest BCUT2D eigenvalue weighted by atomic mass is 9.99. The van der Waals surface area contributed by atoms with Crippen LogP contribution in [0.1, 0.15) is 36.1 Å². The molecule has 1 heterocycles. The van der Waals surface area contributed by atoms with Gasteiger partial charge in [0.05, 0.1) is 0 Å². The van der Waals surface area contributed by atoms with Gasteiger partial charge in [-0.25, -0.2) is 0 Å². The molecule has 2 heteroatoms. The van der Waals surface area contributed by atoms with Gasteiger partial charge in [-0.2, -0.15) is 0 Å². The van der Waals surface area contributed by atoms with Crippen molar-refractivity contribution in [1.29, 1.82) is 0 Å². The molecule has 2 unspecified atom stereocenters. The van der Waals surface area contributed by atoms with E-state index in [-0.39, 0.29) is 0 Å². The lowest BCUT2D eigenvalue weighted by Crippen LogP contribution is -2.33. The molecule has 2 rings (SSSR count). The van der Waals surface area contributed by atoms with Gasteiger partial charge in [0.1, 0.15) is 0 Å². The molecule has 1 aliphatic rings. The summed E-state index contributed by atoms with van der Waals surface area (Å²) < 4.78 is 0. The number of hydrogen-bond acceptors (Lipinski definition) is 2. The van der Waals surface area contributed by atoms with Gasteiger partial charge in [0.25, 0.3) is 0 Å². The summed E-state index contributed by atoms with van der Waals surface area (Å²) in [6, 6.07) is 7.79. The Hall–Kier alpha value is -0.860. The number of nitrogens with one attached hydrogen (secondary N) is 2. The van der Waals surface area contributed by atoms with E-state index >= 15 is 0 Å². The largest absolute Gasteiger partial charge is 0.315 e. The maximum absolute atomic E-state index is 3.70. The molecule has 2 N–H and O–H groups in total. The van der Waals surface area contributed by atoms with Gasteiger partial charge >= 0.3 is 0 Å². The van der Waals surface area contributed by atoms with Crippen molar-refractivity contribution in [1.82, 2.24) is 10.6 Å². The third-order valence-electron chi connectivity index (χ3n) is 3.45. The van der Waals surface area contributed by atoms with Crippen LogP contribution in [-0.4, -0.2) is 19.1 Å². The molecule has 0 bridgehead atoms. The van der Waals surface area contributed by atoms with Crippen LogP contribution < -0.4 is 10.6 Å². The maximum Gasteiger partial charge on any atom is 0.0297 e. The standard InChI is InChI=1S/C14H22N2/c1-10-4-5-11(2)14(8-10)12(3)16-13-6-7-15-9-13/h4-5,8,12-13,15-16H,6-7,9H2,1-3H3. The summed E-state index contributed by atoms with van der Waals surface area (Å²) in [6.07, 6.45) is 1.25. The van der Waals surface area contributed by atoms with Crippen LogP contribution in [0.25, 0.3) is 0 Å². The minimum atomic E-state index is 0.449. The average Bonchev–Trinajstić information content (AvgIpc) is 2.74. The molecule has 1 aromatic carbocycles. The van der Waals surface area contributed by atoms with Gasteiger partial charge in [0, 0.05) is 18.6 Å². The van der Waals surface area contributed by atoms with Gasteiger partial charge in [0.2, 0.25) is 0 Å². The van der Waals surface area contributed by atoms with E-state index in [0.717, 1.165) is 13.1 Å². The van der Waals surface area contributed by atoms with Crippen molar-refractivity contribution in [3.63, 3.8) is 0 Å². The predicted octanol–water partition coefficient (Wildman–Crippen LogP) is 2.32. The Bertz CT molecular complexity index is 354. The highest BCUT2D eigenvalue weighted by Gasteiger charge is 2.17. The molecule has 1 aromatic rings. The fourth-order valence-electron chi connectivity index (χ4n) is 2.47. The second-order valence-corrected chi connectivity index (χ2v) is 4.94. The maximum atomic E-state index is 3.70. The van der Waals surface area contributed by atoms with Crippen LogP contribution in [-0.2, 0) is 0 Å². The molecule has 1 saturated heterocycles. The van der Waals surface area contributed by atoms with Crippen molar-refractivity contribution in [2.45, 2.75) is 39.3 Å². The first-order valence-corrected chi connectivity index (χ1v) is 6.21. The first-order valence-electron chi connectivity index (χ1n) is 6.21. The Kier molecular flexibility index (Phi) is 3.62. The highest BCUT2D eigenvalue weighted by molar-refractivity contribution is 5.32. The van der Waals surface area contributed by atoms with Crippen LogP contribution in [0.3, 0.4) is 0 Å². The summed E-state index contributed by atoms with van der Waals surface area (Å²) in [4.78, 5) is 0. The fourth-order valence-corrected chi connectivity index (χ4v) is 2.47. The summed E-state index contributed by atoms with van der Waals surface area (Å²) in [6.45, 7) is 8.87. The quantitative estimate of drug-likeness (QED) is 0.813. The Morgan fingerprint density at radius 3 is 2.88 bits per heavy atom. The summed E-state index contributed by atoms with van der Waals surface area (Å²) in [7, 11) is 0. The van der Waals surface area contributed by atoms with Gasteiger partial charge < -0.3 is 10.6 Å². The topological polar surface area (TPSA) is 24.1 Å². The van der Waals surface area contributed by atoms with Crippen LogP contribution in [0.5, 0.6) is 0 Å². The van der Waals surface area contributed by atoms with E-state index in [1.807, 2.05) is 0 Å². The molecule has 2 atom stereocenters. The second-order valence-electron chi connectivity index (χ2n) is 4.94. The molecule has 1 aliphatic heterocycles. The van der Waals surface area contributed by atoms with Gasteiger partial charge in [-0.05, 0) is 44.9 Å². The predicted molar refractivity (Wildman–Crippen MR) is 68.7 cm³/mol. The van der Waals surface area contributed by atoms with Crippen LogP contribution in [0.4, 0.5) is 0 Å². The van der Waals surface area contributed by atoms with E-state index in [1.54, 1.807) is 0 Å². The fraction of sp³-hybridized carbons (Fsp3) is 0.571. The average molecular weight is 218 g/mol. The van der Waals surface area contributed by atoms with Crippen molar-refractivity contribution in [2.24, 2.45) is 0 Å². The summed E-state index contributed by atoms with van der Waals surface area (Å²) in [5, 5.41) is 7.09. The van der Waals surface area contributed by atoms with Crippen LogP contribution in [0, 0.1) is 13.8 Å². The Balaban J connectivity index is 2.07. The molecule has 0 amide bonds. The van der Waals surface area contributed by atoms with Gasteiger partial charge in [0.15, 0.2) is 0 Å². The van der Waals surface area contributed by atoms with E-state index in [4.69, 9.17) is 0 Å². The molecular formula is C14H22N2. The normalized spacial score (nSPS) is 22.3. The first-order chi connectivity index (χ1) is 7.66. The molecule has 0 spiro atoms. The number of benzene rings is 1. The van der Waals surface area contributed by atoms with Crippen molar-refractivity contribution in [3.8, 4) is 0 Å². The SMILES string of the molecule is Cc1ccc(C)c(C(C)NC2CCNC2)c1. The monoisotopic (exact) mass is 218 g/mol. The molecular weight excluding hydrogens is 196 g/mol. The van der Waals surface area contributed by atoms with Crippen LogP contribution in [0.2, 0.25) is 0 Å². The van der Waals surface area contributed by atoms with E-state index in [0.29, 0.717) is 12.1 Å². The third-order valence-corrected chi connectivity index (χ3v) is 3.45. The van der Waals surface area contributed by atoms with E-state index < -0.39 is 0 Å². The van der Waals surface area contributed by atoms with E-state index in [9.17, 15) is 0 Å². The Morgan fingerprint density at radius 1 is 1.38 bits per heavy atom. The highest BCUT2D eigenvalue weighted by atomic mass is 15.0. The zero-order valence-electron chi connectivity index (χ0n) is 10.5. The molecule has 0 aliphatic carbocycles. The lowest BCUT2D eigenvalue weighted by molar-refractivity contribution is 0.477. The second kappa shape index (κ2) is 4.98. The summed E-state index contributed by atoms with van der Waals surface area (Å²) in [5.74, 6) is 0. The molecule has 1 fully saturated rings. The molecule has 16 heavy (non-hydrogen) atoms. The van der Waals surface area contributed by atoms with Crippen LogP contribution in [0.15, 0.2) is 18.2 Å². The van der Waals surface area contributed by atoms with Gasteiger partial charge in [-0.1, -0.05) is 23.8 Å². The lowest BCUT2D eigenvalue weighted by Gasteiger charge is -2.21. The van der Waals surface area contributed by atoms with Crippen molar-refractivity contribution >= 4 is 0 Å². The zero-order chi connectivity index (χ0) is 11.5. The molecule has 0 aromatic heterocycles.